The predicted molar refractivity (Wildman–Crippen MR) is 69.5 cm³/mol. The fraction of sp³-hybridized carbons (Fsp3) is 0.364. The van der Waals surface area contributed by atoms with E-state index in [0.717, 1.165) is 18.2 Å². The second kappa shape index (κ2) is 6.09. The SMILES string of the molecule is CC(=O)Nc1cc(S(=O)(=O)N[C@@H](C)CN)ccc1F. The third kappa shape index (κ3) is 4.27. The van der Waals surface area contributed by atoms with Crippen molar-refractivity contribution in [3.05, 3.63) is 24.0 Å². The molecule has 4 N–H and O–H groups in total. The second-order valence-electron chi connectivity index (χ2n) is 4.08. The zero-order valence-corrected chi connectivity index (χ0v) is 11.4. The summed E-state index contributed by atoms with van der Waals surface area (Å²) in [7, 11) is -3.79. The second-order valence-corrected chi connectivity index (χ2v) is 5.79. The van der Waals surface area contributed by atoms with Crippen LogP contribution in [0.5, 0.6) is 0 Å². The maximum atomic E-state index is 13.4. The summed E-state index contributed by atoms with van der Waals surface area (Å²) in [4.78, 5) is 10.8. The van der Waals surface area contributed by atoms with Crippen molar-refractivity contribution in [3.8, 4) is 0 Å². The molecule has 0 unspecified atom stereocenters. The van der Waals surface area contributed by atoms with Crippen molar-refractivity contribution in [3.63, 3.8) is 0 Å². The van der Waals surface area contributed by atoms with E-state index in [1.807, 2.05) is 0 Å². The van der Waals surface area contributed by atoms with Gasteiger partial charge in [0.25, 0.3) is 0 Å². The van der Waals surface area contributed by atoms with Crippen LogP contribution in [0.4, 0.5) is 10.1 Å². The van der Waals surface area contributed by atoms with Gasteiger partial charge < -0.3 is 11.1 Å². The number of hydrogen-bond donors (Lipinski definition) is 3. The number of hydrogen-bond acceptors (Lipinski definition) is 4. The van der Waals surface area contributed by atoms with Gasteiger partial charge in [0.2, 0.25) is 15.9 Å². The molecule has 0 heterocycles. The van der Waals surface area contributed by atoms with E-state index in [-0.39, 0.29) is 17.1 Å². The van der Waals surface area contributed by atoms with Gasteiger partial charge in [-0.2, -0.15) is 0 Å². The Kier molecular flexibility index (Phi) is 4.98. The van der Waals surface area contributed by atoms with Gasteiger partial charge >= 0.3 is 0 Å². The van der Waals surface area contributed by atoms with Gasteiger partial charge in [-0.25, -0.2) is 17.5 Å². The molecule has 6 nitrogen and oxygen atoms in total. The summed E-state index contributed by atoms with van der Waals surface area (Å²) in [5.41, 5.74) is 5.15. The monoisotopic (exact) mass is 289 g/mol. The lowest BCUT2D eigenvalue weighted by Gasteiger charge is -2.13. The van der Waals surface area contributed by atoms with Crippen molar-refractivity contribution in [2.45, 2.75) is 24.8 Å². The number of nitrogens with one attached hydrogen (secondary N) is 2. The smallest absolute Gasteiger partial charge is 0.240 e. The molecule has 0 fully saturated rings. The van der Waals surface area contributed by atoms with Crippen molar-refractivity contribution in [2.24, 2.45) is 5.73 Å². The first-order valence-corrected chi connectivity index (χ1v) is 7.04. The fourth-order valence-electron chi connectivity index (χ4n) is 1.34. The first-order chi connectivity index (χ1) is 8.76. The van der Waals surface area contributed by atoms with Gasteiger partial charge in [-0.15, -0.1) is 0 Å². The van der Waals surface area contributed by atoms with E-state index < -0.39 is 27.8 Å². The van der Waals surface area contributed by atoms with E-state index in [2.05, 4.69) is 10.0 Å². The van der Waals surface area contributed by atoms with Crippen LogP contribution in [0.15, 0.2) is 23.1 Å². The molecule has 0 spiro atoms. The molecule has 0 aliphatic heterocycles. The van der Waals surface area contributed by atoms with Gasteiger partial charge in [0.15, 0.2) is 0 Å². The topological polar surface area (TPSA) is 101 Å². The molecular weight excluding hydrogens is 273 g/mol. The van der Waals surface area contributed by atoms with E-state index in [1.54, 1.807) is 6.92 Å². The standard InChI is InChI=1S/C11H16FN3O3S/c1-7(6-13)15-19(17,18)9-3-4-10(12)11(5-9)14-8(2)16/h3-5,7,15H,6,13H2,1-2H3,(H,14,16)/t7-/m0/s1. The number of amides is 1. The lowest BCUT2D eigenvalue weighted by atomic mass is 10.3. The van der Waals surface area contributed by atoms with Crippen LogP contribution in [0.3, 0.4) is 0 Å². The Morgan fingerprint density at radius 1 is 1.47 bits per heavy atom. The minimum absolute atomic E-state index is 0.138. The highest BCUT2D eigenvalue weighted by Crippen LogP contribution is 2.19. The predicted octanol–water partition coefficient (Wildman–Crippen LogP) is 0.410. The Labute approximate surface area is 111 Å². The summed E-state index contributed by atoms with van der Waals surface area (Å²) < 4.78 is 39.6. The average molecular weight is 289 g/mol. The number of sulfonamides is 1. The first-order valence-electron chi connectivity index (χ1n) is 5.56. The summed E-state index contributed by atoms with van der Waals surface area (Å²) >= 11 is 0. The summed E-state index contributed by atoms with van der Waals surface area (Å²) in [5, 5.41) is 2.22. The van der Waals surface area contributed by atoms with Crippen LogP contribution in [0.1, 0.15) is 13.8 Å². The number of rotatable bonds is 5. The van der Waals surface area contributed by atoms with Crippen molar-refractivity contribution in [1.82, 2.24) is 4.72 Å². The number of anilines is 1. The Bertz CT molecular complexity index is 575. The normalized spacial score (nSPS) is 13.1. The highest BCUT2D eigenvalue weighted by Gasteiger charge is 2.18. The van der Waals surface area contributed by atoms with E-state index in [0.29, 0.717) is 0 Å². The minimum atomic E-state index is -3.79. The molecule has 19 heavy (non-hydrogen) atoms. The van der Waals surface area contributed by atoms with Gasteiger partial charge in [-0.1, -0.05) is 0 Å². The van der Waals surface area contributed by atoms with Crippen LogP contribution in [0, 0.1) is 5.82 Å². The van der Waals surface area contributed by atoms with Crippen molar-refractivity contribution in [1.29, 1.82) is 0 Å². The molecule has 8 heteroatoms. The molecule has 1 rings (SSSR count). The number of carbonyl (C=O) groups is 1. The summed E-state index contributed by atoms with van der Waals surface area (Å²) in [6, 6.07) is 2.71. The van der Waals surface area contributed by atoms with Crippen molar-refractivity contribution in [2.75, 3.05) is 11.9 Å². The van der Waals surface area contributed by atoms with Gasteiger partial charge in [0.1, 0.15) is 5.82 Å². The van der Waals surface area contributed by atoms with Crippen LogP contribution < -0.4 is 15.8 Å². The highest BCUT2D eigenvalue weighted by atomic mass is 32.2. The molecular formula is C11H16FN3O3S. The molecule has 0 saturated carbocycles. The molecule has 0 aromatic heterocycles. The molecule has 1 aromatic rings. The quantitative estimate of drug-likeness (QED) is 0.730. The minimum Gasteiger partial charge on any atom is -0.329 e. The third-order valence-electron chi connectivity index (χ3n) is 2.27. The largest absolute Gasteiger partial charge is 0.329 e. The molecule has 0 radical (unpaired) electrons. The van der Waals surface area contributed by atoms with E-state index in [1.165, 1.54) is 6.92 Å². The third-order valence-corrected chi connectivity index (χ3v) is 3.86. The fourth-order valence-corrected chi connectivity index (χ4v) is 2.62. The molecule has 1 amide bonds. The Hall–Kier alpha value is -1.51. The average Bonchev–Trinajstić information content (AvgIpc) is 2.30. The molecule has 0 aliphatic carbocycles. The Morgan fingerprint density at radius 2 is 2.11 bits per heavy atom. The molecule has 0 bridgehead atoms. The van der Waals surface area contributed by atoms with Crippen LogP contribution in [0.2, 0.25) is 0 Å². The molecule has 1 atom stereocenters. The van der Waals surface area contributed by atoms with Gasteiger partial charge in [0.05, 0.1) is 10.6 Å². The van der Waals surface area contributed by atoms with Crippen molar-refractivity contribution >= 4 is 21.6 Å². The van der Waals surface area contributed by atoms with Crippen LogP contribution in [-0.2, 0) is 14.8 Å². The van der Waals surface area contributed by atoms with E-state index in [9.17, 15) is 17.6 Å². The number of halogens is 1. The number of carbonyl (C=O) groups excluding carboxylic acids is 1. The lowest BCUT2D eigenvalue weighted by molar-refractivity contribution is -0.114. The van der Waals surface area contributed by atoms with Crippen LogP contribution in [0.25, 0.3) is 0 Å². The van der Waals surface area contributed by atoms with Gasteiger partial charge in [0, 0.05) is 19.5 Å². The Balaban J connectivity index is 3.11. The highest BCUT2D eigenvalue weighted by molar-refractivity contribution is 7.89. The lowest BCUT2D eigenvalue weighted by Crippen LogP contribution is -2.37. The first kappa shape index (κ1) is 15.5. The maximum absolute atomic E-state index is 13.4. The van der Waals surface area contributed by atoms with E-state index in [4.69, 9.17) is 5.73 Å². The number of benzene rings is 1. The molecule has 0 saturated heterocycles. The Morgan fingerprint density at radius 3 is 2.63 bits per heavy atom. The summed E-state index contributed by atoms with van der Waals surface area (Å²) in [6.07, 6.45) is 0. The van der Waals surface area contributed by atoms with Gasteiger partial charge in [-0.05, 0) is 25.1 Å². The van der Waals surface area contributed by atoms with E-state index >= 15 is 0 Å². The van der Waals surface area contributed by atoms with Crippen LogP contribution in [-0.4, -0.2) is 26.9 Å². The van der Waals surface area contributed by atoms with Crippen LogP contribution >= 0.6 is 0 Å². The zero-order chi connectivity index (χ0) is 14.6. The summed E-state index contributed by atoms with van der Waals surface area (Å²) in [5.74, 6) is -1.20. The zero-order valence-electron chi connectivity index (χ0n) is 10.6. The molecule has 0 aliphatic rings. The van der Waals surface area contributed by atoms with Crippen molar-refractivity contribution < 1.29 is 17.6 Å². The molecule has 1 aromatic carbocycles. The van der Waals surface area contributed by atoms with Gasteiger partial charge in [-0.3, -0.25) is 4.79 Å². The molecule has 106 valence electrons. The maximum Gasteiger partial charge on any atom is 0.240 e. The number of nitrogens with two attached hydrogens (primary N) is 1. The summed E-state index contributed by atoms with van der Waals surface area (Å²) in [6.45, 7) is 2.95.